The van der Waals surface area contributed by atoms with E-state index in [0.717, 1.165) is 0 Å². The van der Waals surface area contributed by atoms with E-state index in [2.05, 4.69) is 0 Å². The Hall–Kier alpha value is -1.14. The van der Waals surface area contributed by atoms with Crippen LogP contribution in [-0.2, 0) is 21.2 Å². The van der Waals surface area contributed by atoms with Gasteiger partial charge in [-0.1, -0.05) is 41.4 Å². The van der Waals surface area contributed by atoms with Crippen LogP contribution in [0.3, 0.4) is 0 Å². The summed E-state index contributed by atoms with van der Waals surface area (Å²) in [5.41, 5.74) is 0.666. The van der Waals surface area contributed by atoms with Crippen LogP contribution in [0, 0.1) is 5.82 Å². The molecule has 25 heavy (non-hydrogen) atoms. The van der Waals surface area contributed by atoms with E-state index >= 15 is 0 Å². The zero-order valence-corrected chi connectivity index (χ0v) is 15.6. The van der Waals surface area contributed by atoms with Crippen LogP contribution in [0.1, 0.15) is 24.8 Å². The summed E-state index contributed by atoms with van der Waals surface area (Å²) in [4.78, 5) is 0.169. The Morgan fingerprint density at radius 3 is 2.56 bits per heavy atom. The number of benzene rings is 2. The van der Waals surface area contributed by atoms with Gasteiger partial charge in [0.05, 0.1) is 32.9 Å². The first-order chi connectivity index (χ1) is 11.9. The van der Waals surface area contributed by atoms with Gasteiger partial charge in [-0.15, -0.1) is 0 Å². The molecule has 0 amide bonds. The molecule has 0 aromatic heterocycles. The SMILES string of the molecule is O=S(=O)(c1ccccc1Cl)[C@@H]1CC[C@@H](OCc2ccc(Cl)c(F)c2)C1. The van der Waals surface area contributed by atoms with Crippen LogP contribution in [0.15, 0.2) is 47.4 Å². The zero-order valence-electron chi connectivity index (χ0n) is 13.3. The fourth-order valence-electron chi connectivity index (χ4n) is 3.03. The van der Waals surface area contributed by atoms with Gasteiger partial charge in [0.1, 0.15) is 5.82 Å². The van der Waals surface area contributed by atoms with Crippen molar-refractivity contribution >= 4 is 33.0 Å². The van der Waals surface area contributed by atoms with Crippen LogP contribution in [0.25, 0.3) is 0 Å². The van der Waals surface area contributed by atoms with Crippen LogP contribution < -0.4 is 0 Å². The van der Waals surface area contributed by atoms with Gasteiger partial charge in [0.15, 0.2) is 9.84 Å². The predicted octanol–water partition coefficient (Wildman–Crippen LogP) is 5.04. The summed E-state index contributed by atoms with van der Waals surface area (Å²) in [5, 5.41) is -0.210. The molecule has 0 unspecified atom stereocenters. The smallest absolute Gasteiger partial charge is 0.182 e. The summed E-state index contributed by atoms with van der Waals surface area (Å²) in [5.74, 6) is -0.492. The van der Waals surface area contributed by atoms with Gasteiger partial charge in [-0.25, -0.2) is 12.8 Å². The maximum absolute atomic E-state index is 13.4. The van der Waals surface area contributed by atoms with E-state index in [9.17, 15) is 12.8 Å². The number of rotatable bonds is 5. The van der Waals surface area contributed by atoms with Crippen molar-refractivity contribution in [2.24, 2.45) is 0 Å². The lowest BCUT2D eigenvalue weighted by molar-refractivity contribution is 0.0457. The quantitative estimate of drug-likeness (QED) is 0.702. The monoisotopic (exact) mass is 402 g/mol. The number of halogens is 3. The molecule has 2 atom stereocenters. The minimum atomic E-state index is -3.49. The van der Waals surface area contributed by atoms with Crippen molar-refractivity contribution in [2.45, 2.75) is 42.1 Å². The third-order valence-corrected chi connectivity index (χ3v) is 7.41. The molecule has 0 heterocycles. The van der Waals surface area contributed by atoms with Gasteiger partial charge < -0.3 is 4.74 Å². The number of hydrogen-bond acceptors (Lipinski definition) is 3. The molecule has 1 fully saturated rings. The molecule has 3 rings (SSSR count). The van der Waals surface area contributed by atoms with Crippen LogP contribution >= 0.6 is 23.2 Å². The second kappa shape index (κ2) is 7.62. The molecule has 0 aliphatic heterocycles. The van der Waals surface area contributed by atoms with Crippen molar-refractivity contribution in [3.63, 3.8) is 0 Å². The van der Waals surface area contributed by atoms with Crippen LogP contribution in [0.5, 0.6) is 0 Å². The van der Waals surface area contributed by atoms with Gasteiger partial charge in [-0.3, -0.25) is 0 Å². The topological polar surface area (TPSA) is 43.4 Å². The highest BCUT2D eigenvalue weighted by Gasteiger charge is 2.36. The molecule has 0 bridgehead atoms. The van der Waals surface area contributed by atoms with Crippen LogP contribution in [0.4, 0.5) is 4.39 Å². The summed E-state index contributed by atoms with van der Waals surface area (Å²) >= 11 is 11.7. The molecule has 0 radical (unpaired) electrons. The average Bonchev–Trinajstić information content (AvgIpc) is 3.06. The fraction of sp³-hybridized carbons (Fsp3) is 0.333. The van der Waals surface area contributed by atoms with E-state index in [0.29, 0.717) is 24.8 Å². The lowest BCUT2D eigenvalue weighted by Gasteiger charge is -2.14. The summed E-state index contributed by atoms with van der Waals surface area (Å²) in [6.45, 7) is 0.220. The van der Waals surface area contributed by atoms with E-state index in [1.807, 2.05) is 0 Å². The van der Waals surface area contributed by atoms with E-state index in [1.165, 1.54) is 18.2 Å². The van der Waals surface area contributed by atoms with Crippen molar-refractivity contribution in [2.75, 3.05) is 0 Å². The first-order valence-corrected chi connectivity index (χ1v) is 10.2. The van der Waals surface area contributed by atoms with Gasteiger partial charge in [0.2, 0.25) is 0 Å². The third-order valence-electron chi connectivity index (χ3n) is 4.39. The molecular weight excluding hydrogens is 386 g/mol. The standard InChI is InChI=1S/C18H17Cl2FO3S/c19-15-8-5-12(9-17(15)21)11-24-13-6-7-14(10-13)25(22,23)18-4-2-1-3-16(18)20/h1-5,8-9,13-14H,6-7,10-11H2/t13-,14-/m1/s1. The Morgan fingerprint density at radius 1 is 1.08 bits per heavy atom. The lowest BCUT2D eigenvalue weighted by Crippen LogP contribution is -2.20. The van der Waals surface area contributed by atoms with E-state index < -0.39 is 20.9 Å². The molecule has 7 heteroatoms. The second-order valence-corrected chi connectivity index (χ2v) is 9.10. The fourth-order valence-corrected chi connectivity index (χ4v) is 5.49. The maximum atomic E-state index is 13.4. The van der Waals surface area contributed by atoms with Crippen molar-refractivity contribution in [1.82, 2.24) is 0 Å². The third kappa shape index (κ3) is 4.17. The van der Waals surface area contributed by atoms with Crippen LogP contribution in [0.2, 0.25) is 10.0 Å². The summed E-state index contributed by atoms with van der Waals surface area (Å²) < 4.78 is 44.7. The molecule has 2 aromatic rings. The molecule has 0 spiro atoms. The molecule has 2 aromatic carbocycles. The Balaban J connectivity index is 1.63. The number of hydrogen-bond donors (Lipinski definition) is 0. The number of sulfone groups is 1. The summed E-state index contributed by atoms with van der Waals surface area (Å²) in [6, 6.07) is 11.0. The Morgan fingerprint density at radius 2 is 1.84 bits per heavy atom. The molecule has 0 N–H and O–H groups in total. The summed E-state index contributed by atoms with van der Waals surface area (Å²) in [7, 11) is -3.49. The normalized spacial score (nSPS) is 20.8. The Labute approximate surface area is 156 Å². The van der Waals surface area contributed by atoms with Crippen LogP contribution in [-0.4, -0.2) is 19.8 Å². The lowest BCUT2D eigenvalue weighted by atomic mass is 10.2. The highest BCUT2D eigenvalue weighted by atomic mass is 35.5. The highest BCUT2D eigenvalue weighted by molar-refractivity contribution is 7.92. The largest absolute Gasteiger partial charge is 0.373 e. The van der Waals surface area contributed by atoms with Gasteiger partial charge in [-0.2, -0.15) is 0 Å². The number of ether oxygens (including phenoxy) is 1. The van der Waals surface area contributed by atoms with Gasteiger partial charge in [0.25, 0.3) is 0 Å². The molecule has 1 saturated carbocycles. The Kier molecular flexibility index (Phi) is 5.68. The van der Waals surface area contributed by atoms with Crippen molar-refractivity contribution in [3.05, 3.63) is 63.9 Å². The van der Waals surface area contributed by atoms with E-state index in [-0.39, 0.29) is 27.7 Å². The minimum Gasteiger partial charge on any atom is -0.373 e. The van der Waals surface area contributed by atoms with Crippen molar-refractivity contribution < 1.29 is 17.5 Å². The van der Waals surface area contributed by atoms with Crippen molar-refractivity contribution in [1.29, 1.82) is 0 Å². The molecular formula is C18H17Cl2FO3S. The van der Waals surface area contributed by atoms with Gasteiger partial charge in [-0.05, 0) is 49.1 Å². The zero-order chi connectivity index (χ0) is 18.0. The van der Waals surface area contributed by atoms with Gasteiger partial charge >= 0.3 is 0 Å². The van der Waals surface area contributed by atoms with Gasteiger partial charge in [0, 0.05) is 0 Å². The van der Waals surface area contributed by atoms with E-state index in [4.69, 9.17) is 27.9 Å². The minimum absolute atomic E-state index is 0.0653. The molecule has 134 valence electrons. The maximum Gasteiger partial charge on any atom is 0.182 e. The Bertz CT molecular complexity index is 870. The molecule has 1 aliphatic carbocycles. The molecule has 1 aliphatic rings. The first-order valence-electron chi connectivity index (χ1n) is 7.92. The molecule has 3 nitrogen and oxygen atoms in total. The predicted molar refractivity (Wildman–Crippen MR) is 96.3 cm³/mol. The molecule has 0 saturated heterocycles. The average molecular weight is 403 g/mol. The second-order valence-electron chi connectivity index (χ2n) is 6.09. The first kappa shape index (κ1) is 18.6. The highest BCUT2D eigenvalue weighted by Crippen LogP contribution is 2.34. The van der Waals surface area contributed by atoms with Crippen molar-refractivity contribution in [3.8, 4) is 0 Å². The van der Waals surface area contributed by atoms with E-state index in [1.54, 1.807) is 24.3 Å². The summed E-state index contributed by atoms with van der Waals surface area (Å²) in [6.07, 6.45) is 1.39.